The van der Waals surface area contributed by atoms with Gasteiger partial charge in [0.05, 0.1) is 0 Å². The van der Waals surface area contributed by atoms with E-state index in [1.807, 2.05) is 6.92 Å². The van der Waals surface area contributed by atoms with Crippen molar-refractivity contribution >= 4 is 5.91 Å². The summed E-state index contributed by atoms with van der Waals surface area (Å²) in [4.78, 5) is 23.9. The molecule has 1 N–H and O–H groups in total. The number of aryl methyl sites for hydroxylation is 1. The number of carbonyl (C=O) groups excluding carboxylic acids is 1. The Morgan fingerprint density at radius 3 is 2.65 bits per heavy atom. The minimum Gasteiger partial charge on any atom is -0.405 e. The summed E-state index contributed by atoms with van der Waals surface area (Å²) in [6.45, 7) is 2.17. The molecule has 0 aliphatic rings. The van der Waals surface area contributed by atoms with Crippen LogP contribution in [0.1, 0.15) is 35.8 Å². The van der Waals surface area contributed by atoms with E-state index in [0.29, 0.717) is 6.54 Å². The van der Waals surface area contributed by atoms with E-state index in [4.69, 9.17) is 0 Å². The van der Waals surface area contributed by atoms with E-state index in [1.165, 1.54) is 35.0 Å². The number of nitrogens with zero attached hydrogens (tertiary/aromatic N) is 2. The van der Waals surface area contributed by atoms with Crippen LogP contribution in [0.15, 0.2) is 41.2 Å². The topological polar surface area (TPSA) is 73.2 Å². The number of ether oxygens (including phenoxy) is 1. The molecule has 26 heavy (non-hydrogen) atoms. The average molecular weight is 369 g/mol. The summed E-state index contributed by atoms with van der Waals surface area (Å²) in [5.41, 5.74) is -0.147. The van der Waals surface area contributed by atoms with Crippen LogP contribution in [-0.2, 0) is 13.1 Å². The Labute approximate surface area is 147 Å². The molecular weight excluding hydrogens is 351 g/mol. The predicted molar refractivity (Wildman–Crippen MR) is 87.7 cm³/mol. The van der Waals surface area contributed by atoms with E-state index in [0.717, 1.165) is 18.9 Å². The van der Waals surface area contributed by atoms with Gasteiger partial charge in [0.1, 0.15) is 11.4 Å². The lowest BCUT2D eigenvalue weighted by Gasteiger charge is -2.13. The monoisotopic (exact) mass is 369 g/mol. The van der Waals surface area contributed by atoms with Crippen molar-refractivity contribution in [1.82, 2.24) is 15.1 Å². The number of benzene rings is 1. The molecule has 2 rings (SSSR count). The second kappa shape index (κ2) is 8.50. The van der Waals surface area contributed by atoms with E-state index in [-0.39, 0.29) is 29.1 Å². The molecule has 0 radical (unpaired) electrons. The van der Waals surface area contributed by atoms with Gasteiger partial charge in [-0.15, -0.1) is 13.2 Å². The second-order valence-corrected chi connectivity index (χ2v) is 5.47. The van der Waals surface area contributed by atoms with E-state index in [9.17, 15) is 22.8 Å². The molecule has 1 aromatic carbocycles. The van der Waals surface area contributed by atoms with Crippen LogP contribution in [-0.4, -0.2) is 22.1 Å². The van der Waals surface area contributed by atoms with Gasteiger partial charge in [0, 0.05) is 24.7 Å². The summed E-state index contributed by atoms with van der Waals surface area (Å²) < 4.78 is 42.4. The zero-order valence-corrected chi connectivity index (χ0v) is 14.0. The third-order valence-corrected chi connectivity index (χ3v) is 3.46. The third kappa shape index (κ3) is 5.61. The first-order valence-corrected chi connectivity index (χ1v) is 8.00. The van der Waals surface area contributed by atoms with Gasteiger partial charge in [0.15, 0.2) is 0 Å². The van der Waals surface area contributed by atoms with Gasteiger partial charge >= 0.3 is 6.36 Å². The van der Waals surface area contributed by atoms with Crippen LogP contribution in [0.5, 0.6) is 5.75 Å². The van der Waals surface area contributed by atoms with Crippen molar-refractivity contribution < 1.29 is 22.7 Å². The van der Waals surface area contributed by atoms with Gasteiger partial charge in [-0.2, -0.15) is 5.10 Å². The molecule has 0 atom stereocenters. The van der Waals surface area contributed by atoms with Gasteiger partial charge in [-0.3, -0.25) is 9.59 Å². The Kier molecular flexibility index (Phi) is 6.37. The lowest BCUT2D eigenvalue weighted by atomic mass is 10.2. The van der Waals surface area contributed by atoms with Gasteiger partial charge in [-0.25, -0.2) is 4.68 Å². The first-order valence-electron chi connectivity index (χ1n) is 8.00. The highest BCUT2D eigenvalue weighted by atomic mass is 19.4. The molecule has 0 aliphatic carbocycles. The van der Waals surface area contributed by atoms with E-state index >= 15 is 0 Å². The third-order valence-electron chi connectivity index (χ3n) is 3.46. The largest absolute Gasteiger partial charge is 0.573 e. The minimum atomic E-state index is -4.82. The number of hydrogen-bond acceptors (Lipinski definition) is 4. The molecule has 9 heteroatoms. The highest BCUT2D eigenvalue weighted by Crippen LogP contribution is 2.26. The highest BCUT2D eigenvalue weighted by Gasteiger charge is 2.32. The Balaban J connectivity index is 2.09. The number of rotatable bonds is 7. The van der Waals surface area contributed by atoms with Crippen LogP contribution < -0.4 is 15.6 Å². The number of nitrogens with one attached hydrogen (secondary N) is 1. The number of hydrogen-bond donors (Lipinski definition) is 1. The average Bonchev–Trinajstić information content (AvgIpc) is 2.58. The molecule has 1 heterocycles. The molecule has 0 saturated heterocycles. The van der Waals surface area contributed by atoms with Crippen LogP contribution in [0, 0.1) is 0 Å². The Bertz CT molecular complexity index is 819. The fourth-order valence-corrected chi connectivity index (χ4v) is 2.18. The molecule has 0 saturated carbocycles. The van der Waals surface area contributed by atoms with Crippen LogP contribution in [0.4, 0.5) is 13.2 Å². The Morgan fingerprint density at radius 1 is 1.23 bits per heavy atom. The van der Waals surface area contributed by atoms with Crippen molar-refractivity contribution in [3.63, 3.8) is 0 Å². The maximum Gasteiger partial charge on any atom is 0.573 e. The Morgan fingerprint density at radius 2 is 1.96 bits per heavy atom. The zero-order valence-electron chi connectivity index (χ0n) is 14.0. The number of para-hydroxylation sites is 1. The summed E-state index contributed by atoms with van der Waals surface area (Å²) in [5, 5.41) is 6.46. The fourth-order valence-electron chi connectivity index (χ4n) is 2.18. The quantitative estimate of drug-likeness (QED) is 0.815. The van der Waals surface area contributed by atoms with Crippen LogP contribution in [0.25, 0.3) is 0 Å². The molecule has 0 spiro atoms. The maximum atomic E-state index is 12.4. The molecule has 6 nitrogen and oxygen atoms in total. The van der Waals surface area contributed by atoms with Crippen molar-refractivity contribution in [2.45, 2.75) is 39.2 Å². The lowest BCUT2D eigenvalue weighted by Crippen LogP contribution is -2.29. The van der Waals surface area contributed by atoms with E-state index in [2.05, 4.69) is 15.2 Å². The minimum absolute atomic E-state index is 0.00919. The first-order chi connectivity index (χ1) is 12.3. The van der Waals surface area contributed by atoms with Gasteiger partial charge in [0.2, 0.25) is 0 Å². The summed E-state index contributed by atoms with van der Waals surface area (Å²) in [6.07, 6.45) is -3.23. The number of alkyl halides is 3. The number of halogens is 3. The lowest BCUT2D eigenvalue weighted by molar-refractivity contribution is -0.274. The molecule has 0 aliphatic heterocycles. The van der Waals surface area contributed by atoms with Gasteiger partial charge in [0.25, 0.3) is 11.5 Å². The second-order valence-electron chi connectivity index (χ2n) is 5.47. The number of carbonyl (C=O) groups is 1. The first kappa shape index (κ1) is 19.5. The normalized spacial score (nSPS) is 11.2. The van der Waals surface area contributed by atoms with Gasteiger partial charge in [-0.1, -0.05) is 31.5 Å². The molecule has 0 fully saturated rings. The van der Waals surface area contributed by atoms with Gasteiger partial charge in [-0.05, 0) is 18.6 Å². The molecule has 1 aromatic heterocycles. The standard InChI is InChI=1S/C17H18F3N3O3/c1-2-3-10-23-15(24)9-8-13(22-23)16(25)21-11-12-6-4-5-7-14(12)26-17(18,19)20/h4-9H,2-3,10-11H2,1H3,(H,21,25). The van der Waals surface area contributed by atoms with Gasteiger partial charge < -0.3 is 10.1 Å². The summed E-state index contributed by atoms with van der Waals surface area (Å²) >= 11 is 0. The predicted octanol–water partition coefficient (Wildman–Crippen LogP) is 2.87. The summed E-state index contributed by atoms with van der Waals surface area (Å²) in [6, 6.07) is 8.02. The van der Waals surface area contributed by atoms with Crippen LogP contribution in [0.2, 0.25) is 0 Å². The van der Waals surface area contributed by atoms with Crippen molar-refractivity contribution in [3.8, 4) is 5.75 Å². The molecule has 0 unspecified atom stereocenters. The van der Waals surface area contributed by atoms with E-state index in [1.54, 1.807) is 0 Å². The van der Waals surface area contributed by atoms with Crippen molar-refractivity contribution in [3.05, 3.63) is 58.0 Å². The number of amides is 1. The molecule has 140 valence electrons. The smallest absolute Gasteiger partial charge is 0.405 e. The molecule has 2 aromatic rings. The summed E-state index contributed by atoms with van der Waals surface area (Å²) in [5.74, 6) is -0.988. The molecule has 0 bridgehead atoms. The Hall–Kier alpha value is -2.84. The highest BCUT2D eigenvalue weighted by molar-refractivity contribution is 5.91. The van der Waals surface area contributed by atoms with Crippen molar-refractivity contribution in [1.29, 1.82) is 0 Å². The molecular formula is C17H18F3N3O3. The summed E-state index contributed by atoms with van der Waals surface area (Å²) in [7, 11) is 0. The molecule has 1 amide bonds. The SMILES string of the molecule is CCCCn1nc(C(=O)NCc2ccccc2OC(F)(F)F)ccc1=O. The number of aromatic nitrogens is 2. The van der Waals surface area contributed by atoms with Crippen molar-refractivity contribution in [2.75, 3.05) is 0 Å². The van der Waals surface area contributed by atoms with E-state index < -0.39 is 12.3 Å². The maximum absolute atomic E-state index is 12.4. The zero-order chi connectivity index (χ0) is 19.2. The van der Waals surface area contributed by atoms with Crippen LogP contribution in [0.3, 0.4) is 0 Å². The number of unbranched alkanes of at least 4 members (excludes halogenated alkanes) is 1. The fraction of sp³-hybridized carbons (Fsp3) is 0.353. The van der Waals surface area contributed by atoms with Crippen molar-refractivity contribution in [2.24, 2.45) is 0 Å². The van der Waals surface area contributed by atoms with Crippen LogP contribution >= 0.6 is 0 Å².